The van der Waals surface area contributed by atoms with E-state index in [-0.39, 0.29) is 5.63 Å². The van der Waals surface area contributed by atoms with Crippen molar-refractivity contribution < 1.29 is 13.9 Å². The van der Waals surface area contributed by atoms with E-state index in [1.807, 2.05) is 66.7 Å². The average molecular weight is 372 g/mol. The molecule has 0 aliphatic carbocycles. The van der Waals surface area contributed by atoms with Gasteiger partial charge in [0.2, 0.25) is 0 Å². The molecule has 140 valence electrons. The fourth-order valence-corrected chi connectivity index (χ4v) is 3.40. The van der Waals surface area contributed by atoms with Crippen molar-refractivity contribution in [3.05, 3.63) is 94.3 Å². The highest BCUT2D eigenvalue weighted by atomic mass is 16.5. The Labute approximate surface area is 163 Å². The Balaban J connectivity index is 1.94. The van der Waals surface area contributed by atoms with Crippen LogP contribution in [0, 0.1) is 0 Å². The van der Waals surface area contributed by atoms with Gasteiger partial charge in [-0.1, -0.05) is 42.5 Å². The molecule has 0 atom stereocenters. The predicted octanol–water partition coefficient (Wildman–Crippen LogP) is 5.07. The lowest BCUT2D eigenvalue weighted by atomic mass is 9.93. The number of ether oxygens (including phenoxy) is 2. The highest BCUT2D eigenvalue weighted by Gasteiger charge is 2.17. The van der Waals surface area contributed by atoms with Crippen LogP contribution in [0.5, 0.6) is 11.5 Å². The van der Waals surface area contributed by atoms with Gasteiger partial charge in [0, 0.05) is 11.5 Å². The van der Waals surface area contributed by atoms with Gasteiger partial charge < -0.3 is 13.9 Å². The molecule has 28 heavy (non-hydrogen) atoms. The first-order chi connectivity index (χ1) is 13.7. The summed E-state index contributed by atoms with van der Waals surface area (Å²) >= 11 is 0. The van der Waals surface area contributed by atoms with Crippen molar-refractivity contribution in [1.29, 1.82) is 0 Å². The molecule has 0 bridgehead atoms. The summed E-state index contributed by atoms with van der Waals surface area (Å²) < 4.78 is 16.2. The van der Waals surface area contributed by atoms with Crippen molar-refractivity contribution >= 4 is 11.0 Å². The van der Waals surface area contributed by atoms with Crippen molar-refractivity contribution in [3.8, 4) is 22.6 Å². The average Bonchev–Trinajstić information content (AvgIpc) is 2.74. The van der Waals surface area contributed by atoms with E-state index in [1.54, 1.807) is 20.3 Å². The second-order valence-electron chi connectivity index (χ2n) is 6.50. The highest BCUT2D eigenvalue weighted by molar-refractivity contribution is 5.88. The predicted molar refractivity (Wildman–Crippen MR) is 110 cm³/mol. The van der Waals surface area contributed by atoms with Crippen LogP contribution in [0.25, 0.3) is 22.1 Å². The van der Waals surface area contributed by atoms with Gasteiger partial charge in [0.1, 0.15) is 17.1 Å². The molecule has 4 aromatic rings. The van der Waals surface area contributed by atoms with Crippen molar-refractivity contribution in [2.24, 2.45) is 0 Å². The van der Waals surface area contributed by atoms with E-state index in [9.17, 15) is 4.79 Å². The maximum Gasteiger partial charge on any atom is 0.344 e. The number of benzene rings is 3. The van der Waals surface area contributed by atoms with Gasteiger partial charge in [-0.05, 0) is 47.4 Å². The van der Waals surface area contributed by atoms with E-state index >= 15 is 0 Å². The smallest absolute Gasteiger partial charge is 0.344 e. The van der Waals surface area contributed by atoms with Gasteiger partial charge >= 0.3 is 5.63 Å². The Kier molecular flexibility index (Phi) is 4.85. The number of rotatable bonds is 5. The zero-order valence-corrected chi connectivity index (χ0v) is 15.8. The molecule has 1 aromatic heterocycles. The normalized spacial score (nSPS) is 10.8. The van der Waals surface area contributed by atoms with Gasteiger partial charge in [-0.25, -0.2) is 4.79 Å². The van der Waals surface area contributed by atoms with Gasteiger partial charge in [-0.2, -0.15) is 0 Å². The quantitative estimate of drug-likeness (QED) is 0.459. The van der Waals surface area contributed by atoms with Gasteiger partial charge in [0.05, 0.1) is 19.8 Å². The van der Waals surface area contributed by atoms with Crippen LogP contribution in [0.2, 0.25) is 0 Å². The minimum atomic E-state index is -0.351. The molecule has 0 aliphatic heterocycles. The van der Waals surface area contributed by atoms with Crippen LogP contribution in [-0.2, 0) is 6.42 Å². The monoisotopic (exact) mass is 372 g/mol. The summed E-state index contributed by atoms with van der Waals surface area (Å²) in [4.78, 5) is 12.9. The van der Waals surface area contributed by atoms with Crippen LogP contribution in [0.15, 0.2) is 82.0 Å². The third kappa shape index (κ3) is 3.37. The lowest BCUT2D eigenvalue weighted by Gasteiger charge is -2.13. The second kappa shape index (κ2) is 7.61. The number of methoxy groups -OCH3 is 2. The summed E-state index contributed by atoms with van der Waals surface area (Å²) in [5.74, 6) is 1.45. The minimum Gasteiger partial charge on any atom is -0.497 e. The van der Waals surface area contributed by atoms with E-state index in [0.717, 1.165) is 27.8 Å². The summed E-state index contributed by atoms with van der Waals surface area (Å²) in [7, 11) is 3.24. The van der Waals surface area contributed by atoms with Crippen molar-refractivity contribution in [1.82, 2.24) is 0 Å². The summed E-state index contributed by atoms with van der Waals surface area (Å²) in [6.45, 7) is 0. The van der Waals surface area contributed by atoms with Crippen molar-refractivity contribution in [2.45, 2.75) is 6.42 Å². The molecule has 0 radical (unpaired) electrons. The largest absolute Gasteiger partial charge is 0.497 e. The standard InChI is InChI=1S/C24H20O4/c1-26-18-10-8-16(9-11-18)14-21-20-13-12-19(27-2)15-22(20)28-24(25)23(21)17-6-4-3-5-7-17/h3-13,15H,14H2,1-2H3. The molecular weight excluding hydrogens is 352 g/mol. The Hall–Kier alpha value is -3.53. The van der Waals surface area contributed by atoms with E-state index < -0.39 is 0 Å². The molecule has 0 saturated carbocycles. The van der Waals surface area contributed by atoms with Gasteiger partial charge in [0.25, 0.3) is 0 Å². The SMILES string of the molecule is COc1ccc(Cc2c(-c3ccccc3)c(=O)oc3cc(OC)ccc23)cc1. The minimum absolute atomic E-state index is 0.351. The van der Waals surface area contributed by atoms with Crippen LogP contribution in [0.3, 0.4) is 0 Å². The molecule has 3 aromatic carbocycles. The maximum atomic E-state index is 12.9. The van der Waals surface area contributed by atoms with Crippen LogP contribution in [0.4, 0.5) is 0 Å². The molecule has 0 amide bonds. The third-order valence-corrected chi connectivity index (χ3v) is 4.82. The maximum absolute atomic E-state index is 12.9. The summed E-state index contributed by atoms with van der Waals surface area (Å²) in [5.41, 5.74) is 3.63. The molecule has 4 rings (SSSR count). The summed E-state index contributed by atoms with van der Waals surface area (Å²) in [6.07, 6.45) is 0.600. The first-order valence-electron chi connectivity index (χ1n) is 9.01. The zero-order chi connectivity index (χ0) is 19.5. The van der Waals surface area contributed by atoms with E-state index in [1.165, 1.54) is 0 Å². The molecule has 4 nitrogen and oxygen atoms in total. The van der Waals surface area contributed by atoms with E-state index in [4.69, 9.17) is 13.9 Å². The molecule has 0 saturated heterocycles. The molecule has 0 spiro atoms. The molecule has 4 heteroatoms. The van der Waals surface area contributed by atoms with Crippen molar-refractivity contribution in [3.63, 3.8) is 0 Å². The molecule has 0 unspecified atom stereocenters. The Morgan fingerprint density at radius 2 is 1.50 bits per heavy atom. The van der Waals surface area contributed by atoms with E-state index in [0.29, 0.717) is 23.3 Å². The Morgan fingerprint density at radius 3 is 2.18 bits per heavy atom. The van der Waals surface area contributed by atoms with Gasteiger partial charge in [-0.15, -0.1) is 0 Å². The molecule has 0 aliphatic rings. The molecular formula is C24H20O4. The molecule has 0 N–H and O–H groups in total. The fourth-order valence-electron chi connectivity index (χ4n) is 3.40. The fraction of sp³-hybridized carbons (Fsp3) is 0.125. The Morgan fingerprint density at radius 1 is 0.821 bits per heavy atom. The number of fused-ring (bicyclic) bond motifs is 1. The van der Waals surface area contributed by atoms with Gasteiger partial charge in [-0.3, -0.25) is 0 Å². The van der Waals surface area contributed by atoms with Crippen LogP contribution in [0.1, 0.15) is 11.1 Å². The Bertz CT molecular complexity index is 1160. The second-order valence-corrected chi connectivity index (χ2v) is 6.50. The molecule has 1 heterocycles. The zero-order valence-electron chi connectivity index (χ0n) is 15.8. The first kappa shape index (κ1) is 17.9. The molecule has 0 fully saturated rings. The topological polar surface area (TPSA) is 48.7 Å². The van der Waals surface area contributed by atoms with Gasteiger partial charge in [0.15, 0.2) is 0 Å². The summed E-state index contributed by atoms with van der Waals surface area (Å²) in [5, 5.41) is 0.898. The lowest BCUT2D eigenvalue weighted by molar-refractivity contribution is 0.414. The van der Waals surface area contributed by atoms with Crippen molar-refractivity contribution in [2.75, 3.05) is 14.2 Å². The summed E-state index contributed by atoms with van der Waals surface area (Å²) in [6, 6.07) is 23.1. The van der Waals surface area contributed by atoms with Crippen LogP contribution >= 0.6 is 0 Å². The number of hydrogen-bond donors (Lipinski definition) is 0. The first-order valence-corrected chi connectivity index (χ1v) is 9.01. The van der Waals surface area contributed by atoms with Crippen LogP contribution < -0.4 is 15.1 Å². The lowest BCUT2D eigenvalue weighted by Crippen LogP contribution is -2.09. The third-order valence-electron chi connectivity index (χ3n) is 4.82. The van der Waals surface area contributed by atoms with Crippen LogP contribution in [-0.4, -0.2) is 14.2 Å². The van der Waals surface area contributed by atoms with E-state index in [2.05, 4.69) is 0 Å². The highest BCUT2D eigenvalue weighted by Crippen LogP contribution is 2.31. The number of hydrogen-bond acceptors (Lipinski definition) is 4.